The van der Waals surface area contributed by atoms with Gasteiger partial charge in [0.2, 0.25) is 0 Å². The van der Waals surface area contributed by atoms with Crippen molar-refractivity contribution in [3.05, 3.63) is 35.9 Å². The monoisotopic (exact) mass is 321 g/mol. The van der Waals surface area contributed by atoms with Crippen molar-refractivity contribution in [3.63, 3.8) is 0 Å². The molecule has 0 heterocycles. The molecule has 23 heavy (non-hydrogen) atoms. The SMILES string of the molecule is COCCN[C@H]1CC[C@H](CC(=O)OCc2ccccc2)C[C@@H]1O. The second-order valence-electron chi connectivity index (χ2n) is 6.15. The van der Waals surface area contributed by atoms with Gasteiger partial charge in [0.05, 0.1) is 12.7 Å². The summed E-state index contributed by atoms with van der Waals surface area (Å²) in [7, 11) is 1.66. The van der Waals surface area contributed by atoms with Gasteiger partial charge in [0.15, 0.2) is 0 Å². The number of benzene rings is 1. The molecule has 0 amide bonds. The number of carbonyl (C=O) groups is 1. The predicted octanol–water partition coefficient (Wildman–Crippen LogP) is 1.89. The molecule has 1 saturated carbocycles. The Labute approximate surface area is 138 Å². The summed E-state index contributed by atoms with van der Waals surface area (Å²) in [5, 5.41) is 13.5. The van der Waals surface area contributed by atoms with Crippen molar-refractivity contribution in [1.82, 2.24) is 5.32 Å². The number of rotatable bonds is 8. The van der Waals surface area contributed by atoms with Crippen molar-refractivity contribution >= 4 is 5.97 Å². The zero-order valence-electron chi connectivity index (χ0n) is 13.7. The smallest absolute Gasteiger partial charge is 0.306 e. The van der Waals surface area contributed by atoms with E-state index in [9.17, 15) is 9.90 Å². The molecule has 1 fully saturated rings. The van der Waals surface area contributed by atoms with Gasteiger partial charge in [-0.3, -0.25) is 4.79 Å². The first-order valence-corrected chi connectivity index (χ1v) is 8.29. The molecule has 1 aliphatic rings. The van der Waals surface area contributed by atoms with E-state index in [1.807, 2.05) is 30.3 Å². The van der Waals surface area contributed by atoms with Crippen molar-refractivity contribution < 1.29 is 19.4 Å². The van der Waals surface area contributed by atoms with E-state index in [4.69, 9.17) is 9.47 Å². The Hall–Kier alpha value is -1.43. The van der Waals surface area contributed by atoms with E-state index in [2.05, 4.69) is 5.32 Å². The van der Waals surface area contributed by atoms with Gasteiger partial charge in [-0.05, 0) is 30.7 Å². The lowest BCUT2D eigenvalue weighted by Crippen LogP contribution is -2.45. The van der Waals surface area contributed by atoms with Crippen LogP contribution in [-0.4, -0.2) is 43.5 Å². The first kappa shape index (κ1) is 17.9. The van der Waals surface area contributed by atoms with Crippen molar-refractivity contribution in [3.8, 4) is 0 Å². The lowest BCUT2D eigenvalue weighted by Gasteiger charge is -2.33. The predicted molar refractivity (Wildman–Crippen MR) is 87.9 cm³/mol. The molecule has 5 heteroatoms. The van der Waals surface area contributed by atoms with Crippen LogP contribution in [0.25, 0.3) is 0 Å². The zero-order valence-corrected chi connectivity index (χ0v) is 13.7. The molecule has 3 atom stereocenters. The Morgan fingerprint density at radius 1 is 1.30 bits per heavy atom. The van der Waals surface area contributed by atoms with E-state index in [1.54, 1.807) is 7.11 Å². The third kappa shape index (κ3) is 6.29. The first-order chi connectivity index (χ1) is 11.2. The van der Waals surface area contributed by atoms with E-state index in [0.29, 0.717) is 26.1 Å². The largest absolute Gasteiger partial charge is 0.461 e. The summed E-state index contributed by atoms with van der Waals surface area (Å²) in [6.45, 7) is 1.69. The third-order valence-corrected chi connectivity index (χ3v) is 4.34. The summed E-state index contributed by atoms with van der Waals surface area (Å²) in [5.74, 6) is 0.0191. The lowest BCUT2D eigenvalue weighted by molar-refractivity contribution is -0.146. The van der Waals surface area contributed by atoms with Crippen LogP contribution < -0.4 is 5.32 Å². The van der Waals surface area contributed by atoms with E-state index in [0.717, 1.165) is 24.9 Å². The Morgan fingerprint density at radius 2 is 2.09 bits per heavy atom. The lowest BCUT2D eigenvalue weighted by atomic mass is 9.82. The second kappa shape index (κ2) is 9.65. The summed E-state index contributed by atoms with van der Waals surface area (Å²) < 4.78 is 10.3. The number of nitrogens with one attached hydrogen (secondary N) is 1. The zero-order chi connectivity index (χ0) is 16.5. The van der Waals surface area contributed by atoms with Crippen LogP contribution >= 0.6 is 0 Å². The molecule has 0 radical (unpaired) electrons. The average molecular weight is 321 g/mol. The molecule has 1 aromatic rings. The normalized spacial score (nSPS) is 24.3. The summed E-state index contributed by atoms with van der Waals surface area (Å²) in [5.41, 5.74) is 0.993. The van der Waals surface area contributed by atoms with Gasteiger partial charge in [-0.25, -0.2) is 0 Å². The van der Waals surface area contributed by atoms with Crippen LogP contribution in [0.15, 0.2) is 30.3 Å². The molecular weight excluding hydrogens is 294 g/mol. The van der Waals surface area contributed by atoms with Gasteiger partial charge >= 0.3 is 5.97 Å². The van der Waals surface area contributed by atoms with Crippen LogP contribution in [0.1, 0.15) is 31.2 Å². The average Bonchev–Trinajstić information content (AvgIpc) is 2.56. The number of ether oxygens (including phenoxy) is 2. The van der Waals surface area contributed by atoms with Gasteiger partial charge in [0, 0.05) is 26.1 Å². The van der Waals surface area contributed by atoms with Crippen LogP contribution in [0.2, 0.25) is 0 Å². The molecule has 0 aromatic heterocycles. The standard InChI is InChI=1S/C18H27NO4/c1-22-10-9-19-16-8-7-15(11-17(16)20)12-18(21)23-13-14-5-3-2-4-6-14/h2-6,15-17,19-20H,7-13H2,1H3/t15-,16-,17-/m0/s1. The number of hydrogen-bond acceptors (Lipinski definition) is 5. The summed E-state index contributed by atoms with van der Waals surface area (Å²) >= 11 is 0. The maximum Gasteiger partial charge on any atom is 0.306 e. The van der Waals surface area contributed by atoms with E-state index >= 15 is 0 Å². The van der Waals surface area contributed by atoms with Crippen molar-refractivity contribution in [2.45, 2.75) is 44.4 Å². The Bertz CT molecular complexity index is 465. The summed E-state index contributed by atoms with van der Waals surface area (Å²) in [6.07, 6.45) is 2.43. The molecule has 0 saturated heterocycles. The molecule has 1 aliphatic carbocycles. The number of hydrogen-bond donors (Lipinski definition) is 2. The molecule has 1 aromatic carbocycles. The highest BCUT2D eigenvalue weighted by Crippen LogP contribution is 2.27. The first-order valence-electron chi connectivity index (χ1n) is 8.29. The third-order valence-electron chi connectivity index (χ3n) is 4.34. The fourth-order valence-corrected chi connectivity index (χ4v) is 3.03. The maximum absolute atomic E-state index is 11.9. The van der Waals surface area contributed by atoms with Crippen LogP contribution in [-0.2, 0) is 20.9 Å². The molecule has 0 aliphatic heterocycles. The topological polar surface area (TPSA) is 67.8 Å². The van der Waals surface area contributed by atoms with Gasteiger partial charge in [-0.1, -0.05) is 30.3 Å². The Balaban J connectivity index is 1.67. The van der Waals surface area contributed by atoms with Gasteiger partial charge < -0.3 is 19.9 Å². The highest BCUT2D eigenvalue weighted by molar-refractivity contribution is 5.69. The number of carbonyl (C=O) groups excluding carboxylic acids is 1. The van der Waals surface area contributed by atoms with Gasteiger partial charge in [-0.2, -0.15) is 0 Å². The van der Waals surface area contributed by atoms with Crippen molar-refractivity contribution in [2.75, 3.05) is 20.3 Å². The number of aliphatic hydroxyl groups is 1. The summed E-state index contributed by atoms with van der Waals surface area (Å²) in [4.78, 5) is 11.9. The number of esters is 1. The van der Waals surface area contributed by atoms with Crippen LogP contribution in [0.4, 0.5) is 0 Å². The van der Waals surface area contributed by atoms with Crippen molar-refractivity contribution in [2.24, 2.45) is 5.92 Å². The fourth-order valence-electron chi connectivity index (χ4n) is 3.03. The van der Waals surface area contributed by atoms with Crippen LogP contribution in [0, 0.1) is 5.92 Å². The molecule has 128 valence electrons. The Morgan fingerprint density at radius 3 is 2.78 bits per heavy atom. The van der Waals surface area contributed by atoms with Crippen molar-refractivity contribution in [1.29, 1.82) is 0 Å². The van der Waals surface area contributed by atoms with E-state index in [1.165, 1.54) is 0 Å². The fraction of sp³-hybridized carbons (Fsp3) is 0.611. The quantitative estimate of drug-likeness (QED) is 0.565. The van der Waals surface area contributed by atoms with E-state index in [-0.39, 0.29) is 17.9 Å². The van der Waals surface area contributed by atoms with Gasteiger partial charge in [0.1, 0.15) is 6.61 Å². The van der Waals surface area contributed by atoms with Crippen LogP contribution in [0.3, 0.4) is 0 Å². The minimum Gasteiger partial charge on any atom is -0.461 e. The minimum absolute atomic E-state index is 0.0988. The van der Waals surface area contributed by atoms with Gasteiger partial charge in [0.25, 0.3) is 0 Å². The molecule has 0 spiro atoms. The maximum atomic E-state index is 11.9. The molecule has 0 unspecified atom stereocenters. The molecule has 2 N–H and O–H groups in total. The highest BCUT2D eigenvalue weighted by Gasteiger charge is 2.30. The minimum atomic E-state index is -0.410. The Kier molecular flexibility index (Phi) is 7.52. The summed E-state index contributed by atoms with van der Waals surface area (Å²) in [6, 6.07) is 9.77. The molecule has 2 rings (SSSR count). The molecule has 0 bridgehead atoms. The molecular formula is C18H27NO4. The van der Waals surface area contributed by atoms with Gasteiger partial charge in [-0.15, -0.1) is 0 Å². The van der Waals surface area contributed by atoms with Crippen LogP contribution in [0.5, 0.6) is 0 Å². The second-order valence-corrected chi connectivity index (χ2v) is 6.15. The highest BCUT2D eigenvalue weighted by atomic mass is 16.5. The van der Waals surface area contributed by atoms with E-state index < -0.39 is 6.10 Å². The number of aliphatic hydroxyl groups excluding tert-OH is 1. The number of methoxy groups -OCH3 is 1. The molecule has 5 nitrogen and oxygen atoms in total.